The second kappa shape index (κ2) is 9.76. The molecule has 3 aromatic carbocycles. The summed E-state index contributed by atoms with van der Waals surface area (Å²) >= 11 is 5.94. The highest BCUT2D eigenvalue weighted by molar-refractivity contribution is 7.92. The van der Waals surface area contributed by atoms with Crippen LogP contribution in [0, 0.1) is 13.8 Å². The number of halogens is 1. The first-order valence-electron chi connectivity index (χ1n) is 9.50. The number of hydrogen-bond acceptors (Lipinski definition) is 4. The molecular weight excluding hydrogens is 434 g/mol. The van der Waals surface area contributed by atoms with Gasteiger partial charge in [-0.05, 0) is 60.9 Å². The summed E-state index contributed by atoms with van der Waals surface area (Å²) in [6.45, 7) is 3.29. The molecule has 31 heavy (non-hydrogen) atoms. The number of anilines is 1. The SMILES string of the molecule is Cc1cccc(N(CC(=O)N/N=C\c2cccc(Cl)c2)S(=O)(=O)c2ccccc2)c1C. The highest BCUT2D eigenvalue weighted by Crippen LogP contribution is 2.28. The maximum absolute atomic E-state index is 13.4. The van der Waals surface area contributed by atoms with E-state index in [2.05, 4.69) is 10.5 Å². The van der Waals surface area contributed by atoms with Crippen molar-refractivity contribution < 1.29 is 13.2 Å². The van der Waals surface area contributed by atoms with E-state index >= 15 is 0 Å². The number of sulfonamides is 1. The third kappa shape index (κ3) is 5.51. The molecule has 0 aliphatic rings. The molecular formula is C23H22ClN3O3S. The Balaban J connectivity index is 1.88. The minimum absolute atomic E-state index is 0.103. The molecule has 1 amide bonds. The Morgan fingerprint density at radius 3 is 2.45 bits per heavy atom. The molecule has 0 bridgehead atoms. The molecule has 0 fully saturated rings. The number of hydrazone groups is 1. The van der Waals surface area contributed by atoms with Crippen LogP contribution in [0.1, 0.15) is 16.7 Å². The molecule has 0 spiro atoms. The van der Waals surface area contributed by atoms with Gasteiger partial charge >= 0.3 is 0 Å². The van der Waals surface area contributed by atoms with E-state index in [1.54, 1.807) is 54.6 Å². The Hall–Kier alpha value is -3.16. The van der Waals surface area contributed by atoms with Crippen LogP contribution < -0.4 is 9.73 Å². The number of nitrogens with zero attached hydrogens (tertiary/aromatic N) is 2. The third-order valence-electron chi connectivity index (χ3n) is 4.71. The van der Waals surface area contributed by atoms with Gasteiger partial charge in [0.15, 0.2) is 0 Å². The Bertz CT molecular complexity index is 1210. The van der Waals surface area contributed by atoms with E-state index in [4.69, 9.17) is 11.6 Å². The molecule has 0 aromatic heterocycles. The Morgan fingerprint density at radius 2 is 1.74 bits per heavy atom. The first-order valence-corrected chi connectivity index (χ1v) is 11.3. The number of carbonyl (C=O) groups excluding carboxylic acids is 1. The Kier molecular flexibility index (Phi) is 7.09. The molecule has 0 saturated carbocycles. The van der Waals surface area contributed by atoms with Crippen LogP contribution in [0.25, 0.3) is 0 Å². The second-order valence-corrected chi connectivity index (χ2v) is 9.19. The largest absolute Gasteiger partial charge is 0.271 e. The standard InChI is InChI=1S/C23H22ClN3O3S/c1-17-8-6-13-22(18(17)2)27(31(29,30)21-11-4-3-5-12-21)16-23(28)26-25-15-19-9-7-10-20(24)14-19/h3-15H,16H2,1-2H3,(H,26,28)/b25-15-. The van der Waals surface area contributed by atoms with Gasteiger partial charge in [-0.2, -0.15) is 5.10 Å². The molecule has 0 aliphatic heterocycles. The van der Waals surface area contributed by atoms with Gasteiger partial charge in [-0.3, -0.25) is 9.10 Å². The number of hydrogen-bond donors (Lipinski definition) is 1. The summed E-state index contributed by atoms with van der Waals surface area (Å²) in [5, 5.41) is 4.47. The van der Waals surface area contributed by atoms with Crippen molar-refractivity contribution in [1.29, 1.82) is 0 Å². The van der Waals surface area contributed by atoms with Crippen LogP contribution in [-0.2, 0) is 14.8 Å². The van der Waals surface area contributed by atoms with Gasteiger partial charge in [0.2, 0.25) is 0 Å². The van der Waals surface area contributed by atoms with E-state index in [-0.39, 0.29) is 4.90 Å². The zero-order chi connectivity index (χ0) is 22.4. The predicted molar refractivity (Wildman–Crippen MR) is 124 cm³/mol. The van der Waals surface area contributed by atoms with Gasteiger partial charge in [-0.25, -0.2) is 13.8 Å². The van der Waals surface area contributed by atoms with E-state index in [1.165, 1.54) is 18.3 Å². The minimum atomic E-state index is -3.97. The quantitative estimate of drug-likeness (QED) is 0.426. The van der Waals surface area contributed by atoms with Crippen LogP contribution in [0.3, 0.4) is 0 Å². The third-order valence-corrected chi connectivity index (χ3v) is 6.72. The van der Waals surface area contributed by atoms with Crippen LogP contribution >= 0.6 is 11.6 Å². The van der Waals surface area contributed by atoms with E-state index in [0.29, 0.717) is 16.3 Å². The molecule has 0 saturated heterocycles. The molecule has 3 aromatic rings. The van der Waals surface area contributed by atoms with E-state index in [0.717, 1.165) is 15.4 Å². The van der Waals surface area contributed by atoms with Crippen molar-refractivity contribution in [2.75, 3.05) is 10.8 Å². The van der Waals surface area contributed by atoms with Crippen molar-refractivity contribution in [3.8, 4) is 0 Å². The van der Waals surface area contributed by atoms with Crippen molar-refractivity contribution in [3.05, 3.63) is 94.5 Å². The molecule has 0 heterocycles. The summed E-state index contributed by atoms with van der Waals surface area (Å²) in [7, 11) is -3.97. The maximum atomic E-state index is 13.4. The highest BCUT2D eigenvalue weighted by Gasteiger charge is 2.28. The van der Waals surface area contributed by atoms with Gasteiger partial charge in [0.25, 0.3) is 15.9 Å². The fourth-order valence-electron chi connectivity index (χ4n) is 2.96. The summed E-state index contributed by atoms with van der Waals surface area (Å²) in [4.78, 5) is 12.7. The van der Waals surface area contributed by atoms with Gasteiger partial charge in [-0.15, -0.1) is 0 Å². The first kappa shape index (κ1) is 22.5. The summed E-state index contributed by atoms with van der Waals surface area (Å²) in [6.07, 6.45) is 1.44. The van der Waals surface area contributed by atoms with E-state index in [9.17, 15) is 13.2 Å². The first-order chi connectivity index (χ1) is 14.8. The van der Waals surface area contributed by atoms with E-state index in [1.807, 2.05) is 19.9 Å². The predicted octanol–water partition coefficient (Wildman–Crippen LogP) is 4.30. The topological polar surface area (TPSA) is 78.8 Å². The molecule has 0 radical (unpaired) electrons. The van der Waals surface area contributed by atoms with Gasteiger partial charge in [-0.1, -0.05) is 54.1 Å². The Labute approximate surface area is 187 Å². The molecule has 3 rings (SSSR count). The molecule has 8 heteroatoms. The number of benzene rings is 3. The monoisotopic (exact) mass is 455 g/mol. The lowest BCUT2D eigenvalue weighted by atomic mass is 10.1. The van der Waals surface area contributed by atoms with Gasteiger partial charge in [0.1, 0.15) is 6.54 Å². The average molecular weight is 456 g/mol. The van der Waals surface area contributed by atoms with Crippen molar-refractivity contribution >= 4 is 39.4 Å². The van der Waals surface area contributed by atoms with Crippen molar-refractivity contribution in [2.24, 2.45) is 5.10 Å². The van der Waals surface area contributed by atoms with Gasteiger partial charge in [0.05, 0.1) is 16.8 Å². The number of rotatable bonds is 7. The fraction of sp³-hybridized carbons (Fsp3) is 0.130. The van der Waals surface area contributed by atoms with E-state index < -0.39 is 22.5 Å². The number of nitrogens with one attached hydrogen (secondary N) is 1. The summed E-state index contributed by atoms with van der Waals surface area (Å²) in [5.41, 5.74) is 5.23. The van der Waals surface area contributed by atoms with Crippen LogP contribution in [-0.4, -0.2) is 27.1 Å². The van der Waals surface area contributed by atoms with Crippen LogP contribution in [0.4, 0.5) is 5.69 Å². The molecule has 160 valence electrons. The van der Waals surface area contributed by atoms with Crippen LogP contribution in [0.5, 0.6) is 0 Å². The second-order valence-electron chi connectivity index (χ2n) is 6.89. The van der Waals surface area contributed by atoms with Crippen LogP contribution in [0.2, 0.25) is 5.02 Å². The maximum Gasteiger partial charge on any atom is 0.264 e. The fourth-order valence-corrected chi connectivity index (χ4v) is 4.65. The number of aryl methyl sites for hydroxylation is 1. The Morgan fingerprint density at radius 1 is 1.03 bits per heavy atom. The molecule has 6 nitrogen and oxygen atoms in total. The number of carbonyl (C=O) groups is 1. The van der Waals surface area contributed by atoms with Crippen molar-refractivity contribution in [1.82, 2.24) is 5.43 Å². The molecule has 1 N–H and O–H groups in total. The van der Waals surface area contributed by atoms with Gasteiger partial charge < -0.3 is 0 Å². The summed E-state index contributed by atoms with van der Waals surface area (Å²) < 4.78 is 27.8. The lowest BCUT2D eigenvalue weighted by molar-refractivity contribution is -0.119. The van der Waals surface area contributed by atoms with Gasteiger partial charge in [0, 0.05) is 5.02 Å². The van der Waals surface area contributed by atoms with Crippen molar-refractivity contribution in [3.63, 3.8) is 0 Å². The molecule has 0 aliphatic carbocycles. The lowest BCUT2D eigenvalue weighted by Gasteiger charge is -2.26. The van der Waals surface area contributed by atoms with Crippen molar-refractivity contribution in [2.45, 2.75) is 18.7 Å². The highest BCUT2D eigenvalue weighted by atomic mass is 35.5. The number of amides is 1. The zero-order valence-electron chi connectivity index (χ0n) is 17.1. The van der Waals surface area contributed by atoms with Crippen LogP contribution in [0.15, 0.2) is 82.8 Å². The average Bonchev–Trinajstić information content (AvgIpc) is 2.75. The molecule has 0 atom stereocenters. The normalized spacial score (nSPS) is 11.5. The molecule has 0 unspecified atom stereocenters. The summed E-state index contributed by atoms with van der Waals surface area (Å²) in [5.74, 6) is -0.571. The summed E-state index contributed by atoms with van der Waals surface area (Å²) in [6, 6.07) is 20.3. The lowest BCUT2D eigenvalue weighted by Crippen LogP contribution is -2.40. The smallest absolute Gasteiger partial charge is 0.264 e. The minimum Gasteiger partial charge on any atom is -0.271 e. The zero-order valence-corrected chi connectivity index (χ0v) is 18.7.